The highest BCUT2D eigenvalue weighted by molar-refractivity contribution is 6.17. The second-order valence-corrected chi connectivity index (χ2v) is 3.41. The van der Waals surface area contributed by atoms with Gasteiger partial charge in [0, 0.05) is 12.8 Å². The Bertz CT molecular complexity index is 293. The van der Waals surface area contributed by atoms with E-state index in [1.165, 1.54) is 12.5 Å². The number of aryl methyl sites for hydroxylation is 1. The first kappa shape index (κ1) is 11.1. The second kappa shape index (κ2) is 5.66. The molecule has 0 amide bonds. The molecule has 2 nitrogen and oxygen atoms in total. The highest BCUT2D eigenvalue weighted by Crippen LogP contribution is 2.07. The van der Waals surface area contributed by atoms with E-state index in [-0.39, 0.29) is 5.97 Å². The third-order valence-corrected chi connectivity index (χ3v) is 2.04. The molecule has 0 aliphatic carbocycles. The van der Waals surface area contributed by atoms with Gasteiger partial charge in [-0.25, -0.2) is 0 Å². The first-order valence-corrected chi connectivity index (χ1v) is 5.03. The summed E-state index contributed by atoms with van der Waals surface area (Å²) in [7, 11) is 0. The molecule has 0 unspecified atom stereocenters. The van der Waals surface area contributed by atoms with E-state index in [0.29, 0.717) is 12.5 Å². The fourth-order valence-electron chi connectivity index (χ4n) is 1.10. The first-order chi connectivity index (χ1) is 6.72. The third kappa shape index (κ3) is 3.79. The Labute approximate surface area is 88.8 Å². The van der Waals surface area contributed by atoms with Crippen LogP contribution in [0.1, 0.15) is 18.1 Å². The number of rotatable bonds is 4. The summed E-state index contributed by atoms with van der Waals surface area (Å²) in [4.78, 5) is 10.5. The van der Waals surface area contributed by atoms with Crippen LogP contribution in [0, 0.1) is 0 Å². The molecule has 0 N–H and O–H groups in total. The van der Waals surface area contributed by atoms with Crippen LogP contribution in [0.2, 0.25) is 0 Å². The van der Waals surface area contributed by atoms with Crippen molar-refractivity contribution in [3.63, 3.8) is 0 Å². The van der Waals surface area contributed by atoms with Gasteiger partial charge < -0.3 is 4.74 Å². The van der Waals surface area contributed by atoms with Crippen LogP contribution in [0.3, 0.4) is 0 Å². The third-order valence-electron chi connectivity index (χ3n) is 1.85. The minimum atomic E-state index is -0.255. The molecule has 1 rings (SSSR count). The first-order valence-electron chi connectivity index (χ1n) is 4.49. The van der Waals surface area contributed by atoms with E-state index in [4.69, 9.17) is 16.3 Å². The molecule has 0 radical (unpaired) electrons. The van der Waals surface area contributed by atoms with Crippen LogP contribution in [0.15, 0.2) is 24.3 Å². The maximum absolute atomic E-state index is 10.5. The van der Waals surface area contributed by atoms with E-state index < -0.39 is 0 Å². The lowest BCUT2D eigenvalue weighted by molar-refractivity contribution is -0.142. The molecule has 0 spiro atoms. The molecule has 3 heteroatoms. The monoisotopic (exact) mass is 212 g/mol. The van der Waals surface area contributed by atoms with Gasteiger partial charge in [-0.05, 0) is 17.5 Å². The van der Waals surface area contributed by atoms with Gasteiger partial charge >= 0.3 is 5.97 Å². The molecule has 0 heterocycles. The normalized spacial score (nSPS) is 9.86. The summed E-state index contributed by atoms with van der Waals surface area (Å²) in [6.45, 7) is 1.75. The van der Waals surface area contributed by atoms with Crippen molar-refractivity contribution in [2.45, 2.75) is 20.0 Å². The lowest BCUT2D eigenvalue weighted by Gasteiger charge is -2.03. The lowest BCUT2D eigenvalue weighted by atomic mass is 10.1. The summed E-state index contributed by atoms with van der Waals surface area (Å²) in [5.41, 5.74) is 2.20. The maximum atomic E-state index is 10.5. The molecule has 0 bridgehead atoms. The zero-order valence-electron chi connectivity index (χ0n) is 8.13. The van der Waals surface area contributed by atoms with Crippen molar-refractivity contribution < 1.29 is 9.53 Å². The summed E-state index contributed by atoms with van der Waals surface area (Å²) in [5.74, 6) is 0.373. The Balaban J connectivity index is 2.50. The van der Waals surface area contributed by atoms with Gasteiger partial charge in [0.15, 0.2) is 0 Å². The molecule has 0 atom stereocenters. The van der Waals surface area contributed by atoms with E-state index in [2.05, 4.69) is 0 Å². The Morgan fingerprint density at radius 3 is 2.36 bits per heavy atom. The summed E-state index contributed by atoms with van der Waals surface area (Å²) in [5, 5.41) is 0. The molecule has 0 saturated carbocycles. The van der Waals surface area contributed by atoms with Gasteiger partial charge in [0.05, 0.1) is 0 Å². The van der Waals surface area contributed by atoms with Crippen LogP contribution in [0.4, 0.5) is 0 Å². The minimum Gasteiger partial charge on any atom is -0.461 e. The Morgan fingerprint density at radius 2 is 1.86 bits per heavy atom. The smallest absolute Gasteiger partial charge is 0.302 e. The zero-order chi connectivity index (χ0) is 10.4. The molecule has 0 aliphatic rings. The van der Waals surface area contributed by atoms with Crippen molar-refractivity contribution in [1.29, 1.82) is 0 Å². The van der Waals surface area contributed by atoms with Crippen LogP contribution in [-0.2, 0) is 22.6 Å². The van der Waals surface area contributed by atoms with Crippen LogP contribution in [0.25, 0.3) is 0 Å². The average molecular weight is 213 g/mol. The van der Waals surface area contributed by atoms with E-state index in [0.717, 1.165) is 12.0 Å². The average Bonchev–Trinajstić information content (AvgIpc) is 2.17. The number of hydrogen-bond donors (Lipinski definition) is 0. The molecule has 14 heavy (non-hydrogen) atoms. The standard InChI is InChI=1S/C11H13ClO2/c1-9(13)14-8-11-4-2-10(3-5-11)6-7-12/h2-5H,6-8H2,1H3. The van der Waals surface area contributed by atoms with Crippen LogP contribution < -0.4 is 0 Å². The molecule has 76 valence electrons. The van der Waals surface area contributed by atoms with Crippen molar-refractivity contribution in [2.24, 2.45) is 0 Å². The van der Waals surface area contributed by atoms with Gasteiger partial charge in [-0.15, -0.1) is 11.6 Å². The Kier molecular flexibility index (Phi) is 4.47. The minimum absolute atomic E-state index is 0.255. The van der Waals surface area contributed by atoms with E-state index in [1.807, 2.05) is 24.3 Å². The van der Waals surface area contributed by atoms with E-state index in [1.54, 1.807) is 0 Å². The summed E-state index contributed by atoms with van der Waals surface area (Å²) in [6.07, 6.45) is 0.870. The Morgan fingerprint density at radius 1 is 1.29 bits per heavy atom. The van der Waals surface area contributed by atoms with Gasteiger partial charge in [-0.3, -0.25) is 4.79 Å². The van der Waals surface area contributed by atoms with Crippen LogP contribution >= 0.6 is 11.6 Å². The van der Waals surface area contributed by atoms with Gasteiger partial charge in [0.2, 0.25) is 0 Å². The van der Waals surface area contributed by atoms with Crippen molar-refractivity contribution in [3.8, 4) is 0 Å². The van der Waals surface area contributed by atoms with Gasteiger partial charge in [-0.2, -0.15) is 0 Å². The van der Waals surface area contributed by atoms with E-state index >= 15 is 0 Å². The summed E-state index contributed by atoms with van der Waals surface area (Å²) < 4.78 is 4.86. The van der Waals surface area contributed by atoms with Gasteiger partial charge in [0.25, 0.3) is 0 Å². The summed E-state index contributed by atoms with van der Waals surface area (Å²) in [6, 6.07) is 7.90. The Hall–Kier alpha value is -1.02. The summed E-state index contributed by atoms with van der Waals surface area (Å²) >= 11 is 5.61. The SMILES string of the molecule is CC(=O)OCc1ccc(CCCl)cc1. The second-order valence-electron chi connectivity index (χ2n) is 3.04. The number of esters is 1. The molecule has 1 aromatic rings. The highest BCUT2D eigenvalue weighted by Gasteiger charge is 1.96. The number of carbonyl (C=O) groups is 1. The number of alkyl halides is 1. The highest BCUT2D eigenvalue weighted by atomic mass is 35.5. The topological polar surface area (TPSA) is 26.3 Å². The van der Waals surface area contributed by atoms with Crippen molar-refractivity contribution in [2.75, 3.05) is 5.88 Å². The number of carbonyl (C=O) groups excluding carboxylic acids is 1. The molecule has 0 fully saturated rings. The van der Waals surface area contributed by atoms with Gasteiger partial charge in [0.1, 0.15) is 6.61 Å². The molecule has 0 aromatic heterocycles. The molecule has 0 aliphatic heterocycles. The quantitative estimate of drug-likeness (QED) is 0.566. The molecular formula is C11H13ClO2. The van der Waals surface area contributed by atoms with Crippen LogP contribution in [0.5, 0.6) is 0 Å². The molecule has 0 saturated heterocycles. The van der Waals surface area contributed by atoms with Crippen molar-refractivity contribution >= 4 is 17.6 Å². The van der Waals surface area contributed by atoms with Crippen molar-refractivity contribution in [1.82, 2.24) is 0 Å². The van der Waals surface area contributed by atoms with Crippen molar-refractivity contribution in [3.05, 3.63) is 35.4 Å². The van der Waals surface area contributed by atoms with Crippen LogP contribution in [-0.4, -0.2) is 11.8 Å². The number of halogens is 1. The molecule has 1 aromatic carbocycles. The number of ether oxygens (including phenoxy) is 1. The van der Waals surface area contributed by atoms with Gasteiger partial charge in [-0.1, -0.05) is 24.3 Å². The predicted octanol–water partition coefficient (Wildman–Crippen LogP) is 2.53. The predicted molar refractivity (Wildman–Crippen MR) is 56.3 cm³/mol. The van der Waals surface area contributed by atoms with E-state index in [9.17, 15) is 4.79 Å². The fraction of sp³-hybridized carbons (Fsp3) is 0.364. The lowest BCUT2D eigenvalue weighted by Crippen LogP contribution is -1.98. The number of hydrogen-bond acceptors (Lipinski definition) is 2. The molecular weight excluding hydrogens is 200 g/mol. The number of benzene rings is 1. The zero-order valence-corrected chi connectivity index (χ0v) is 8.88. The fourth-order valence-corrected chi connectivity index (χ4v) is 1.31. The maximum Gasteiger partial charge on any atom is 0.302 e. The largest absolute Gasteiger partial charge is 0.461 e.